The predicted octanol–water partition coefficient (Wildman–Crippen LogP) is 4.82. The van der Waals surface area contributed by atoms with Gasteiger partial charge in [-0.15, -0.1) is 0 Å². The van der Waals surface area contributed by atoms with Gasteiger partial charge < -0.3 is 0 Å². The van der Waals surface area contributed by atoms with Gasteiger partial charge in [-0.3, -0.25) is 0 Å². The minimum Gasteiger partial charge on any atom is -0.235 e. The Bertz CT molecular complexity index is 153. The molecule has 0 bridgehead atoms. The van der Waals surface area contributed by atoms with E-state index in [-0.39, 0.29) is 0 Å². The highest BCUT2D eigenvalue weighted by Gasteiger charge is 2.08. The van der Waals surface area contributed by atoms with Crippen LogP contribution in [0.15, 0.2) is 11.6 Å². The first-order valence-corrected chi connectivity index (χ1v) is 6.95. The third kappa shape index (κ3) is 8.69. The van der Waals surface area contributed by atoms with Crippen molar-refractivity contribution in [2.24, 2.45) is 0 Å². The molecule has 2 unspecified atom stereocenters. The van der Waals surface area contributed by atoms with E-state index in [1.54, 1.807) is 10.8 Å². The second-order valence-electron chi connectivity index (χ2n) is 3.34. The minimum absolute atomic E-state index is 0.408. The van der Waals surface area contributed by atoms with Gasteiger partial charge in [0.05, 0.1) is 0 Å². The Kier molecular flexibility index (Phi) is 7.96. The molecule has 0 aliphatic heterocycles. The van der Waals surface area contributed by atoms with Crippen LogP contribution in [0.5, 0.6) is 0 Å². The van der Waals surface area contributed by atoms with Crippen molar-refractivity contribution < 1.29 is 4.39 Å². The lowest BCUT2D eigenvalue weighted by Gasteiger charge is -2.08. The Labute approximate surface area is 89.1 Å². The summed E-state index contributed by atoms with van der Waals surface area (Å²) in [5.74, 6) is 0. The van der Waals surface area contributed by atoms with Gasteiger partial charge in [0, 0.05) is 5.25 Å². The summed E-state index contributed by atoms with van der Waals surface area (Å²) in [4.78, 5) is 0. The average Bonchev–Trinajstić information content (AvgIpc) is 2.00. The van der Waals surface area contributed by atoms with E-state index in [1.165, 1.54) is 16.4 Å². The molecule has 2 atom stereocenters. The van der Waals surface area contributed by atoms with Crippen molar-refractivity contribution in [3.8, 4) is 0 Å². The molecule has 0 aromatic heterocycles. The lowest BCUT2D eigenvalue weighted by molar-refractivity contribution is 0.428. The predicted molar refractivity (Wildman–Crippen MR) is 63.9 cm³/mol. The van der Waals surface area contributed by atoms with Crippen molar-refractivity contribution in [3.05, 3.63) is 11.6 Å². The van der Waals surface area contributed by atoms with E-state index in [0.29, 0.717) is 11.7 Å². The molecule has 0 aliphatic carbocycles. The van der Waals surface area contributed by atoms with Crippen LogP contribution in [0.4, 0.5) is 4.39 Å². The normalized spacial score (nSPS) is 15.2. The maximum Gasteiger partial charge on any atom is 0.155 e. The summed E-state index contributed by atoms with van der Waals surface area (Å²) in [6, 6.07) is 0. The molecule has 0 radical (unpaired) electrons. The van der Waals surface area contributed by atoms with E-state index >= 15 is 0 Å². The van der Waals surface area contributed by atoms with Gasteiger partial charge in [0.25, 0.3) is 0 Å². The molecule has 3 heteroatoms. The van der Waals surface area contributed by atoms with Gasteiger partial charge in [0.15, 0.2) is 5.50 Å². The summed E-state index contributed by atoms with van der Waals surface area (Å²) in [7, 11) is 2.97. The molecular weight excluding hydrogens is 203 g/mol. The molecule has 0 saturated heterocycles. The van der Waals surface area contributed by atoms with Gasteiger partial charge in [-0.25, -0.2) is 4.39 Å². The maximum absolute atomic E-state index is 13.0. The Morgan fingerprint density at radius 1 is 1.38 bits per heavy atom. The van der Waals surface area contributed by atoms with Crippen LogP contribution in [0.1, 0.15) is 40.5 Å². The van der Waals surface area contributed by atoms with Crippen molar-refractivity contribution in [1.82, 2.24) is 0 Å². The Hall–Kier alpha value is 0.370. The highest BCUT2D eigenvalue weighted by atomic mass is 33.1. The van der Waals surface area contributed by atoms with Crippen LogP contribution < -0.4 is 0 Å². The third-order valence-corrected chi connectivity index (χ3v) is 4.26. The fourth-order valence-electron chi connectivity index (χ4n) is 0.920. The van der Waals surface area contributed by atoms with Crippen LogP contribution in [0.2, 0.25) is 0 Å². The first-order valence-electron chi connectivity index (χ1n) is 4.67. The highest BCUT2D eigenvalue weighted by Crippen LogP contribution is 2.34. The maximum atomic E-state index is 13.0. The van der Waals surface area contributed by atoms with Crippen LogP contribution in [0.3, 0.4) is 0 Å². The molecule has 0 fully saturated rings. The first kappa shape index (κ1) is 13.4. The smallest absolute Gasteiger partial charge is 0.155 e. The number of rotatable bonds is 6. The molecule has 0 aromatic rings. The molecule has 0 aliphatic rings. The molecule has 0 nitrogen and oxygen atoms in total. The van der Waals surface area contributed by atoms with Crippen LogP contribution in [-0.4, -0.2) is 10.8 Å². The summed E-state index contributed by atoms with van der Waals surface area (Å²) in [5.41, 5.74) is 0.592. The van der Waals surface area contributed by atoms with E-state index in [0.717, 1.165) is 6.42 Å². The van der Waals surface area contributed by atoms with Gasteiger partial charge in [-0.1, -0.05) is 46.6 Å². The molecule has 0 rings (SSSR count). The number of halogens is 1. The van der Waals surface area contributed by atoms with Crippen LogP contribution >= 0.6 is 21.6 Å². The van der Waals surface area contributed by atoms with Gasteiger partial charge in [0.2, 0.25) is 0 Å². The topological polar surface area (TPSA) is 0 Å². The standard InChI is InChI=1S/C10H19FS2/c1-5-6-10(11)13-12-9(4)7-8(2)3/h7,9-10H,5-6H2,1-4H3. The average molecular weight is 222 g/mol. The van der Waals surface area contributed by atoms with Crippen LogP contribution in [0, 0.1) is 0 Å². The van der Waals surface area contributed by atoms with Crippen molar-refractivity contribution in [1.29, 1.82) is 0 Å². The van der Waals surface area contributed by atoms with E-state index in [4.69, 9.17) is 0 Å². The first-order chi connectivity index (χ1) is 6.06. The van der Waals surface area contributed by atoms with E-state index in [2.05, 4.69) is 26.8 Å². The third-order valence-electron chi connectivity index (χ3n) is 1.40. The quantitative estimate of drug-likeness (QED) is 0.467. The van der Waals surface area contributed by atoms with Crippen molar-refractivity contribution in [2.45, 2.75) is 51.3 Å². The van der Waals surface area contributed by atoms with Crippen molar-refractivity contribution in [3.63, 3.8) is 0 Å². The van der Waals surface area contributed by atoms with Gasteiger partial charge in [0.1, 0.15) is 0 Å². The molecule has 78 valence electrons. The fourth-order valence-corrected chi connectivity index (χ4v) is 3.22. The number of alkyl halides is 1. The molecule has 0 amide bonds. The van der Waals surface area contributed by atoms with E-state index in [9.17, 15) is 4.39 Å². The molecular formula is C10H19FS2. The zero-order valence-electron chi connectivity index (χ0n) is 8.84. The summed E-state index contributed by atoms with van der Waals surface area (Å²) >= 11 is 0. The second-order valence-corrected chi connectivity index (χ2v) is 6.13. The molecule has 0 spiro atoms. The summed E-state index contributed by atoms with van der Waals surface area (Å²) in [6.07, 6.45) is 3.75. The molecule has 0 heterocycles. The number of allylic oxidation sites excluding steroid dienone is 1. The number of hydrogen-bond acceptors (Lipinski definition) is 2. The number of hydrogen-bond donors (Lipinski definition) is 0. The zero-order valence-corrected chi connectivity index (χ0v) is 10.5. The molecule has 13 heavy (non-hydrogen) atoms. The van der Waals surface area contributed by atoms with Gasteiger partial charge >= 0.3 is 0 Å². The van der Waals surface area contributed by atoms with Gasteiger partial charge in [-0.2, -0.15) is 0 Å². The lowest BCUT2D eigenvalue weighted by atomic mass is 10.3. The molecule has 0 saturated carbocycles. The monoisotopic (exact) mass is 222 g/mol. The minimum atomic E-state index is -0.706. The van der Waals surface area contributed by atoms with Gasteiger partial charge in [-0.05, 0) is 27.2 Å². The van der Waals surface area contributed by atoms with Crippen LogP contribution in [-0.2, 0) is 0 Å². The van der Waals surface area contributed by atoms with Crippen molar-refractivity contribution in [2.75, 3.05) is 0 Å². The van der Waals surface area contributed by atoms with E-state index in [1.807, 2.05) is 6.92 Å². The summed E-state index contributed by atoms with van der Waals surface area (Å²) in [5, 5.41) is 0.408. The van der Waals surface area contributed by atoms with Crippen LogP contribution in [0.25, 0.3) is 0 Å². The Balaban J connectivity index is 3.57. The zero-order chi connectivity index (χ0) is 10.3. The second kappa shape index (κ2) is 7.74. The Morgan fingerprint density at radius 2 is 2.00 bits per heavy atom. The lowest BCUT2D eigenvalue weighted by Crippen LogP contribution is -1.94. The van der Waals surface area contributed by atoms with E-state index < -0.39 is 5.50 Å². The summed E-state index contributed by atoms with van der Waals surface area (Å²) in [6.45, 7) is 8.25. The highest BCUT2D eigenvalue weighted by molar-refractivity contribution is 8.77. The van der Waals surface area contributed by atoms with Crippen molar-refractivity contribution >= 4 is 21.6 Å². The molecule has 0 aromatic carbocycles. The molecule has 0 N–H and O–H groups in total. The Morgan fingerprint density at radius 3 is 2.46 bits per heavy atom. The largest absolute Gasteiger partial charge is 0.235 e. The SMILES string of the molecule is CCCC(F)SSC(C)C=C(C)C. The fraction of sp³-hybridized carbons (Fsp3) is 0.800. The summed E-state index contributed by atoms with van der Waals surface area (Å²) < 4.78 is 13.0.